The third-order valence-electron chi connectivity index (χ3n) is 4.25. The summed E-state index contributed by atoms with van der Waals surface area (Å²) in [6.07, 6.45) is 4.02. The summed E-state index contributed by atoms with van der Waals surface area (Å²) in [5, 5.41) is 10.0. The molecule has 2 rings (SSSR count). The summed E-state index contributed by atoms with van der Waals surface area (Å²) in [6.45, 7) is 6.83. The van der Waals surface area contributed by atoms with E-state index in [9.17, 15) is 9.90 Å². The number of aliphatic hydroxyl groups excluding tert-OH is 1. The predicted octanol–water partition coefficient (Wildman–Crippen LogP) is 1.29. The minimum Gasteiger partial charge on any atom is -0.392 e. The zero-order valence-corrected chi connectivity index (χ0v) is 12.8. The maximum absolute atomic E-state index is 12.2. The molecule has 0 aromatic heterocycles. The Kier molecular flexibility index (Phi) is 4.49. The van der Waals surface area contributed by atoms with Gasteiger partial charge in [0.15, 0.2) is 0 Å². The standard InChI is InChI=1S/C15H27N3O2/c1-15(2,3)12(19)9-13(16)17-14(20)11-5-4-8-18(11)10-6-7-10/h10-12,19H,4-9H2,1-3H3,(H2,16,17,20). The van der Waals surface area contributed by atoms with Crippen molar-refractivity contribution in [1.29, 1.82) is 0 Å². The largest absolute Gasteiger partial charge is 0.392 e. The molecule has 0 aromatic carbocycles. The maximum atomic E-state index is 12.2. The first-order valence-electron chi connectivity index (χ1n) is 7.59. The van der Waals surface area contributed by atoms with Crippen molar-refractivity contribution in [3.63, 3.8) is 0 Å². The second-order valence-corrected chi connectivity index (χ2v) is 7.15. The SMILES string of the molecule is CC(C)(C)C(O)CC(N)=NC(=O)C1CCCN1C1CC1. The van der Waals surface area contributed by atoms with Crippen LogP contribution in [0.3, 0.4) is 0 Å². The predicted molar refractivity (Wildman–Crippen MR) is 79.5 cm³/mol. The van der Waals surface area contributed by atoms with Crippen LogP contribution in [0.4, 0.5) is 0 Å². The molecule has 1 amide bonds. The Morgan fingerprint density at radius 1 is 1.40 bits per heavy atom. The summed E-state index contributed by atoms with van der Waals surface area (Å²) in [4.78, 5) is 18.5. The lowest BCUT2D eigenvalue weighted by molar-refractivity contribution is -0.122. The number of amides is 1. The van der Waals surface area contributed by atoms with Gasteiger partial charge in [0.25, 0.3) is 5.91 Å². The summed E-state index contributed by atoms with van der Waals surface area (Å²) < 4.78 is 0. The number of nitrogens with two attached hydrogens (primary N) is 1. The van der Waals surface area contributed by atoms with Crippen LogP contribution < -0.4 is 5.73 Å². The van der Waals surface area contributed by atoms with Crippen molar-refractivity contribution in [2.45, 2.75) is 71.1 Å². The van der Waals surface area contributed by atoms with Crippen molar-refractivity contribution < 1.29 is 9.90 Å². The van der Waals surface area contributed by atoms with Crippen LogP contribution >= 0.6 is 0 Å². The first kappa shape index (κ1) is 15.4. The van der Waals surface area contributed by atoms with Crippen LogP contribution in [0.5, 0.6) is 0 Å². The molecule has 2 aliphatic rings. The van der Waals surface area contributed by atoms with Crippen LogP contribution in [0.2, 0.25) is 0 Å². The molecule has 0 spiro atoms. The summed E-state index contributed by atoms with van der Waals surface area (Å²) in [5.41, 5.74) is 5.57. The van der Waals surface area contributed by atoms with E-state index in [-0.39, 0.29) is 29.6 Å². The van der Waals surface area contributed by atoms with Gasteiger partial charge in [-0.25, -0.2) is 0 Å². The van der Waals surface area contributed by atoms with Gasteiger partial charge in [0.1, 0.15) is 5.84 Å². The van der Waals surface area contributed by atoms with Crippen molar-refractivity contribution in [1.82, 2.24) is 4.90 Å². The first-order valence-corrected chi connectivity index (χ1v) is 7.59. The van der Waals surface area contributed by atoms with E-state index in [0.29, 0.717) is 6.04 Å². The van der Waals surface area contributed by atoms with E-state index in [1.54, 1.807) is 0 Å². The molecule has 5 heteroatoms. The third kappa shape index (κ3) is 3.79. The van der Waals surface area contributed by atoms with Gasteiger partial charge in [0.05, 0.1) is 12.1 Å². The molecular formula is C15H27N3O2. The second-order valence-electron chi connectivity index (χ2n) is 7.15. The smallest absolute Gasteiger partial charge is 0.264 e. The van der Waals surface area contributed by atoms with Gasteiger partial charge in [-0.1, -0.05) is 20.8 Å². The number of hydrogen-bond donors (Lipinski definition) is 2. The monoisotopic (exact) mass is 281 g/mol. The van der Waals surface area contributed by atoms with E-state index >= 15 is 0 Å². The van der Waals surface area contributed by atoms with Gasteiger partial charge in [-0.15, -0.1) is 0 Å². The molecule has 3 N–H and O–H groups in total. The third-order valence-corrected chi connectivity index (χ3v) is 4.25. The van der Waals surface area contributed by atoms with Crippen LogP contribution in [0.1, 0.15) is 52.9 Å². The molecule has 1 heterocycles. The molecule has 114 valence electrons. The Bertz CT molecular complexity index is 396. The number of rotatable bonds is 4. The molecule has 0 aromatic rings. The number of aliphatic hydroxyl groups is 1. The molecule has 1 saturated heterocycles. The number of aliphatic imine (C=N–C) groups is 1. The normalized spacial score (nSPS) is 26.8. The van der Waals surface area contributed by atoms with E-state index in [1.807, 2.05) is 20.8 Å². The molecular weight excluding hydrogens is 254 g/mol. The highest BCUT2D eigenvalue weighted by Crippen LogP contribution is 2.33. The highest BCUT2D eigenvalue weighted by atomic mass is 16.3. The number of amidine groups is 1. The molecule has 2 unspecified atom stereocenters. The minimum atomic E-state index is -0.581. The number of carbonyl (C=O) groups excluding carboxylic acids is 1. The second kappa shape index (κ2) is 5.82. The van der Waals surface area contributed by atoms with E-state index in [4.69, 9.17) is 5.73 Å². The van der Waals surface area contributed by atoms with E-state index in [2.05, 4.69) is 9.89 Å². The van der Waals surface area contributed by atoms with Gasteiger partial charge in [0.2, 0.25) is 0 Å². The Balaban J connectivity index is 1.93. The molecule has 1 aliphatic heterocycles. The fraction of sp³-hybridized carbons (Fsp3) is 0.867. The molecule has 5 nitrogen and oxygen atoms in total. The lowest BCUT2D eigenvalue weighted by Crippen LogP contribution is -2.38. The van der Waals surface area contributed by atoms with Gasteiger partial charge in [0, 0.05) is 12.5 Å². The molecule has 20 heavy (non-hydrogen) atoms. The van der Waals surface area contributed by atoms with Crippen LogP contribution in [0.25, 0.3) is 0 Å². The summed E-state index contributed by atoms with van der Waals surface area (Å²) in [6, 6.07) is 0.496. The number of likely N-dealkylation sites (tertiary alicyclic amines) is 1. The van der Waals surface area contributed by atoms with Gasteiger partial charge in [-0.05, 0) is 37.6 Å². The molecule has 2 fully saturated rings. The fourth-order valence-corrected chi connectivity index (χ4v) is 2.66. The lowest BCUT2D eigenvalue weighted by atomic mass is 9.87. The highest BCUT2D eigenvalue weighted by molar-refractivity contribution is 5.96. The summed E-state index contributed by atoms with van der Waals surface area (Å²) in [5.74, 6) is 0.119. The number of hydrogen-bond acceptors (Lipinski definition) is 3. The zero-order valence-electron chi connectivity index (χ0n) is 12.8. The molecule has 1 aliphatic carbocycles. The Hall–Kier alpha value is -0.940. The minimum absolute atomic E-state index is 0.0900. The molecule has 0 radical (unpaired) electrons. The van der Waals surface area contributed by atoms with Crippen molar-refractivity contribution >= 4 is 11.7 Å². The number of nitrogens with zero attached hydrogens (tertiary/aromatic N) is 2. The van der Waals surface area contributed by atoms with Crippen molar-refractivity contribution in [2.24, 2.45) is 16.1 Å². The lowest BCUT2D eigenvalue weighted by Gasteiger charge is -2.25. The van der Waals surface area contributed by atoms with Crippen molar-refractivity contribution in [3.05, 3.63) is 0 Å². The summed E-state index contributed by atoms with van der Waals surface area (Å²) in [7, 11) is 0. The average molecular weight is 281 g/mol. The quantitative estimate of drug-likeness (QED) is 0.601. The first-order chi connectivity index (χ1) is 9.29. The Labute approximate surface area is 121 Å². The van der Waals surface area contributed by atoms with Gasteiger partial charge < -0.3 is 10.8 Å². The van der Waals surface area contributed by atoms with E-state index in [0.717, 1.165) is 19.4 Å². The van der Waals surface area contributed by atoms with Gasteiger partial charge in [-0.2, -0.15) is 4.99 Å². The van der Waals surface area contributed by atoms with Gasteiger partial charge >= 0.3 is 0 Å². The Morgan fingerprint density at radius 3 is 2.60 bits per heavy atom. The van der Waals surface area contributed by atoms with Gasteiger partial charge in [-0.3, -0.25) is 9.69 Å². The fourth-order valence-electron chi connectivity index (χ4n) is 2.66. The van der Waals surface area contributed by atoms with E-state index in [1.165, 1.54) is 12.8 Å². The van der Waals surface area contributed by atoms with Crippen LogP contribution in [0, 0.1) is 5.41 Å². The van der Waals surface area contributed by atoms with Crippen LogP contribution in [-0.4, -0.2) is 46.5 Å². The topological polar surface area (TPSA) is 78.9 Å². The van der Waals surface area contributed by atoms with Crippen LogP contribution in [0.15, 0.2) is 4.99 Å². The highest BCUT2D eigenvalue weighted by Gasteiger charge is 2.40. The zero-order chi connectivity index (χ0) is 14.9. The molecule has 1 saturated carbocycles. The maximum Gasteiger partial charge on any atom is 0.264 e. The molecule has 0 bridgehead atoms. The van der Waals surface area contributed by atoms with E-state index < -0.39 is 6.10 Å². The summed E-state index contributed by atoms with van der Waals surface area (Å²) >= 11 is 0. The number of carbonyl (C=O) groups is 1. The Morgan fingerprint density at radius 2 is 2.05 bits per heavy atom. The van der Waals surface area contributed by atoms with Crippen LogP contribution in [-0.2, 0) is 4.79 Å². The molecule has 2 atom stereocenters. The average Bonchev–Trinajstić information content (AvgIpc) is 3.05. The van der Waals surface area contributed by atoms with Crippen molar-refractivity contribution in [2.75, 3.05) is 6.54 Å². The van der Waals surface area contributed by atoms with Crippen molar-refractivity contribution in [3.8, 4) is 0 Å².